The fraction of sp³-hybridized carbons (Fsp3) is 0.571. The van der Waals surface area contributed by atoms with Crippen molar-refractivity contribution in [1.29, 1.82) is 0 Å². The second-order valence-electron chi connectivity index (χ2n) is 5.47. The zero-order valence-corrected chi connectivity index (χ0v) is 14.1. The lowest BCUT2D eigenvalue weighted by Crippen LogP contribution is -2.15. The van der Waals surface area contributed by atoms with Crippen LogP contribution in [0.5, 0.6) is 0 Å². The SMILES string of the molecule is CC(C)CCCS(=O)(=O)C(C)c1nnc(-c2cccs2)o1. The van der Waals surface area contributed by atoms with Crippen LogP contribution in [0.25, 0.3) is 10.8 Å². The molecule has 0 spiro atoms. The minimum absolute atomic E-state index is 0.156. The Bertz CT molecular complexity index is 660. The summed E-state index contributed by atoms with van der Waals surface area (Å²) in [6, 6.07) is 3.75. The third-order valence-electron chi connectivity index (χ3n) is 3.27. The summed E-state index contributed by atoms with van der Waals surface area (Å²) in [5.41, 5.74) is 0. The first kappa shape index (κ1) is 16.2. The summed E-state index contributed by atoms with van der Waals surface area (Å²) < 4.78 is 30.1. The average molecular weight is 328 g/mol. The van der Waals surface area contributed by atoms with Crippen LogP contribution in [0.1, 0.15) is 44.8 Å². The molecular formula is C14H20N2O3S2. The molecule has 0 aliphatic rings. The Kier molecular flexibility index (Phi) is 5.16. The number of rotatable bonds is 7. The van der Waals surface area contributed by atoms with Crippen molar-refractivity contribution in [3.63, 3.8) is 0 Å². The Morgan fingerprint density at radius 2 is 2.05 bits per heavy atom. The van der Waals surface area contributed by atoms with E-state index in [4.69, 9.17) is 4.42 Å². The van der Waals surface area contributed by atoms with Gasteiger partial charge in [-0.25, -0.2) is 8.42 Å². The van der Waals surface area contributed by atoms with Gasteiger partial charge < -0.3 is 4.42 Å². The van der Waals surface area contributed by atoms with Gasteiger partial charge in [-0.2, -0.15) is 0 Å². The van der Waals surface area contributed by atoms with E-state index in [0.29, 0.717) is 18.2 Å². The van der Waals surface area contributed by atoms with Gasteiger partial charge in [-0.3, -0.25) is 0 Å². The van der Waals surface area contributed by atoms with Gasteiger partial charge in [0.2, 0.25) is 5.89 Å². The summed E-state index contributed by atoms with van der Waals surface area (Å²) in [6.07, 6.45) is 1.56. The topological polar surface area (TPSA) is 73.1 Å². The molecule has 2 heterocycles. The van der Waals surface area contributed by atoms with E-state index in [2.05, 4.69) is 24.0 Å². The van der Waals surface area contributed by atoms with E-state index in [-0.39, 0.29) is 11.6 Å². The molecule has 5 nitrogen and oxygen atoms in total. The van der Waals surface area contributed by atoms with Gasteiger partial charge in [0.15, 0.2) is 9.84 Å². The van der Waals surface area contributed by atoms with Crippen molar-refractivity contribution >= 4 is 21.2 Å². The predicted molar refractivity (Wildman–Crippen MR) is 83.9 cm³/mol. The first-order chi connectivity index (χ1) is 9.90. The van der Waals surface area contributed by atoms with Crippen molar-refractivity contribution in [3.05, 3.63) is 23.4 Å². The van der Waals surface area contributed by atoms with Gasteiger partial charge in [0.25, 0.3) is 5.89 Å². The molecule has 0 aromatic carbocycles. The molecule has 2 aromatic heterocycles. The van der Waals surface area contributed by atoms with Gasteiger partial charge in [0, 0.05) is 0 Å². The molecule has 0 radical (unpaired) electrons. The zero-order chi connectivity index (χ0) is 15.5. The van der Waals surface area contributed by atoms with Gasteiger partial charge in [-0.1, -0.05) is 26.3 Å². The number of nitrogens with zero attached hydrogens (tertiary/aromatic N) is 2. The standard InChI is InChI=1S/C14H20N2O3S2/c1-10(2)6-5-9-21(17,18)11(3)13-15-16-14(19-13)12-7-4-8-20-12/h4,7-8,10-11H,5-6,9H2,1-3H3. The van der Waals surface area contributed by atoms with Crippen LogP contribution in [-0.4, -0.2) is 24.4 Å². The van der Waals surface area contributed by atoms with Crippen LogP contribution in [0, 0.1) is 5.92 Å². The van der Waals surface area contributed by atoms with E-state index >= 15 is 0 Å². The highest BCUT2D eigenvalue weighted by Gasteiger charge is 2.27. The fourth-order valence-electron chi connectivity index (χ4n) is 1.92. The van der Waals surface area contributed by atoms with Crippen LogP contribution in [0.2, 0.25) is 0 Å². The third kappa shape index (κ3) is 4.14. The quantitative estimate of drug-likeness (QED) is 0.774. The summed E-state index contributed by atoms with van der Waals surface area (Å²) in [5.74, 6) is 1.21. The van der Waals surface area contributed by atoms with E-state index in [1.165, 1.54) is 11.3 Å². The van der Waals surface area contributed by atoms with Crippen LogP contribution in [-0.2, 0) is 9.84 Å². The summed E-state index contributed by atoms with van der Waals surface area (Å²) in [6.45, 7) is 5.78. The highest BCUT2D eigenvalue weighted by atomic mass is 32.2. The van der Waals surface area contributed by atoms with E-state index < -0.39 is 15.1 Å². The first-order valence-electron chi connectivity index (χ1n) is 6.99. The van der Waals surface area contributed by atoms with Gasteiger partial charge in [-0.15, -0.1) is 21.5 Å². The van der Waals surface area contributed by atoms with Crippen molar-refractivity contribution in [2.24, 2.45) is 5.92 Å². The average Bonchev–Trinajstić information content (AvgIpc) is 3.08. The molecule has 1 unspecified atom stereocenters. The molecule has 0 N–H and O–H groups in total. The molecule has 0 aliphatic carbocycles. The van der Waals surface area contributed by atoms with E-state index in [1.807, 2.05) is 17.5 Å². The minimum Gasteiger partial charge on any atom is -0.419 e. The van der Waals surface area contributed by atoms with Crippen LogP contribution >= 0.6 is 11.3 Å². The minimum atomic E-state index is -3.26. The lowest BCUT2D eigenvalue weighted by atomic mass is 10.1. The molecule has 116 valence electrons. The molecule has 2 rings (SSSR count). The molecule has 0 aliphatic heterocycles. The maximum atomic E-state index is 12.3. The molecular weight excluding hydrogens is 308 g/mol. The van der Waals surface area contributed by atoms with Gasteiger partial charge >= 0.3 is 0 Å². The Labute approximate surface area is 129 Å². The molecule has 1 atom stereocenters. The van der Waals surface area contributed by atoms with Crippen LogP contribution in [0.3, 0.4) is 0 Å². The van der Waals surface area contributed by atoms with Crippen molar-refractivity contribution < 1.29 is 12.8 Å². The third-order valence-corrected chi connectivity index (χ3v) is 6.26. The van der Waals surface area contributed by atoms with Crippen molar-refractivity contribution in [1.82, 2.24) is 10.2 Å². The summed E-state index contributed by atoms with van der Waals surface area (Å²) in [4.78, 5) is 0.846. The number of aromatic nitrogens is 2. The maximum absolute atomic E-state index is 12.3. The fourth-order valence-corrected chi connectivity index (χ4v) is 3.89. The molecule has 0 fully saturated rings. The van der Waals surface area contributed by atoms with Gasteiger partial charge in [0.1, 0.15) is 5.25 Å². The van der Waals surface area contributed by atoms with E-state index in [0.717, 1.165) is 11.3 Å². The Hall–Kier alpha value is -1.21. The summed E-state index contributed by atoms with van der Waals surface area (Å²) >= 11 is 1.48. The summed E-state index contributed by atoms with van der Waals surface area (Å²) in [7, 11) is -3.26. The Morgan fingerprint density at radius 1 is 1.29 bits per heavy atom. The molecule has 21 heavy (non-hydrogen) atoms. The molecule has 7 heteroatoms. The number of hydrogen-bond donors (Lipinski definition) is 0. The molecule has 0 saturated carbocycles. The number of thiophene rings is 1. The lowest BCUT2D eigenvalue weighted by molar-refractivity contribution is 0.493. The normalized spacial score (nSPS) is 13.7. The van der Waals surface area contributed by atoms with Crippen molar-refractivity contribution in [2.75, 3.05) is 5.75 Å². The molecule has 2 aromatic rings. The second kappa shape index (κ2) is 6.70. The number of sulfone groups is 1. The van der Waals surface area contributed by atoms with Gasteiger partial charge in [0.05, 0.1) is 10.6 Å². The smallest absolute Gasteiger partial charge is 0.257 e. The van der Waals surface area contributed by atoms with Crippen LogP contribution < -0.4 is 0 Å². The van der Waals surface area contributed by atoms with E-state index in [9.17, 15) is 8.42 Å². The predicted octanol–water partition coefficient (Wildman–Crippen LogP) is 3.71. The van der Waals surface area contributed by atoms with Gasteiger partial charge in [-0.05, 0) is 30.7 Å². The van der Waals surface area contributed by atoms with Crippen LogP contribution in [0.15, 0.2) is 21.9 Å². The zero-order valence-electron chi connectivity index (χ0n) is 12.4. The maximum Gasteiger partial charge on any atom is 0.257 e. The Balaban J connectivity index is 2.07. The Morgan fingerprint density at radius 3 is 2.67 bits per heavy atom. The van der Waals surface area contributed by atoms with E-state index in [1.54, 1.807) is 6.92 Å². The highest BCUT2D eigenvalue weighted by Crippen LogP contribution is 2.28. The highest BCUT2D eigenvalue weighted by molar-refractivity contribution is 7.91. The summed E-state index contributed by atoms with van der Waals surface area (Å²) in [5, 5.41) is 8.97. The van der Waals surface area contributed by atoms with Crippen molar-refractivity contribution in [3.8, 4) is 10.8 Å². The monoisotopic (exact) mass is 328 g/mol. The second-order valence-corrected chi connectivity index (χ2v) is 8.86. The molecule has 0 bridgehead atoms. The first-order valence-corrected chi connectivity index (χ1v) is 9.58. The van der Waals surface area contributed by atoms with Crippen LogP contribution in [0.4, 0.5) is 0 Å². The largest absolute Gasteiger partial charge is 0.419 e. The lowest BCUT2D eigenvalue weighted by Gasteiger charge is -2.09. The van der Waals surface area contributed by atoms with Crippen molar-refractivity contribution in [2.45, 2.75) is 38.9 Å². The molecule has 0 amide bonds. The molecule has 0 saturated heterocycles. The number of hydrogen-bond acceptors (Lipinski definition) is 6.